The third-order valence-electron chi connectivity index (χ3n) is 4.53. The topological polar surface area (TPSA) is 51.0 Å². The van der Waals surface area contributed by atoms with E-state index in [1.165, 1.54) is 11.3 Å². The molecular formula is C21H19ClN4OS. The number of benzene rings is 2. The predicted octanol–water partition coefficient (Wildman–Crippen LogP) is 5.17. The number of rotatable bonds is 5. The minimum Gasteiger partial charge on any atom is -0.284 e. The van der Waals surface area contributed by atoms with Gasteiger partial charge in [-0.05, 0) is 31.5 Å². The minimum atomic E-state index is -0.177. The Morgan fingerprint density at radius 3 is 2.57 bits per heavy atom. The van der Waals surface area contributed by atoms with Crippen molar-refractivity contribution in [2.75, 3.05) is 11.4 Å². The van der Waals surface area contributed by atoms with Crippen LogP contribution >= 0.6 is 22.9 Å². The number of aryl methyl sites for hydroxylation is 1. The van der Waals surface area contributed by atoms with Crippen LogP contribution in [0.5, 0.6) is 0 Å². The first-order valence-corrected chi connectivity index (χ1v) is 10.2. The van der Waals surface area contributed by atoms with E-state index in [0.717, 1.165) is 15.8 Å². The van der Waals surface area contributed by atoms with E-state index >= 15 is 0 Å². The van der Waals surface area contributed by atoms with Crippen LogP contribution in [0.4, 0.5) is 5.13 Å². The Bertz CT molecular complexity index is 1100. The Hall–Kier alpha value is -2.70. The molecule has 0 spiro atoms. The highest BCUT2D eigenvalue weighted by Gasteiger charge is 2.27. The first-order valence-electron chi connectivity index (χ1n) is 9.02. The molecule has 0 aliphatic heterocycles. The highest BCUT2D eigenvalue weighted by atomic mass is 35.5. The Balaban J connectivity index is 1.68. The molecule has 4 aromatic rings. The standard InChI is InChI=1S/C21H19ClN4OS/c1-3-25(21-23-16-11-7-8-12-17(16)28-21)20(27)18-14(2)24-26(19(18)22)13-15-9-5-4-6-10-15/h4-12H,3,13H2,1-2H3. The van der Waals surface area contributed by atoms with Gasteiger partial charge in [-0.15, -0.1) is 0 Å². The third-order valence-corrected chi connectivity index (χ3v) is 5.97. The monoisotopic (exact) mass is 410 g/mol. The lowest BCUT2D eigenvalue weighted by atomic mass is 10.2. The molecule has 0 N–H and O–H groups in total. The van der Waals surface area contributed by atoms with Gasteiger partial charge in [0, 0.05) is 6.54 Å². The number of carbonyl (C=O) groups excluding carboxylic acids is 1. The van der Waals surface area contributed by atoms with Crippen LogP contribution in [-0.4, -0.2) is 27.2 Å². The summed E-state index contributed by atoms with van der Waals surface area (Å²) in [7, 11) is 0. The van der Waals surface area contributed by atoms with Crippen molar-refractivity contribution in [3.63, 3.8) is 0 Å². The van der Waals surface area contributed by atoms with Crippen LogP contribution in [0.15, 0.2) is 54.6 Å². The van der Waals surface area contributed by atoms with Gasteiger partial charge in [0.05, 0.1) is 28.0 Å². The summed E-state index contributed by atoms with van der Waals surface area (Å²) >= 11 is 8.08. The maximum absolute atomic E-state index is 13.3. The number of nitrogens with zero attached hydrogens (tertiary/aromatic N) is 4. The van der Waals surface area contributed by atoms with Gasteiger partial charge in [-0.25, -0.2) is 9.67 Å². The summed E-state index contributed by atoms with van der Waals surface area (Å²) in [6, 6.07) is 17.8. The molecule has 28 heavy (non-hydrogen) atoms. The largest absolute Gasteiger partial charge is 0.284 e. The molecule has 2 aromatic carbocycles. The molecule has 2 heterocycles. The van der Waals surface area contributed by atoms with Crippen LogP contribution in [0.2, 0.25) is 5.15 Å². The number of fused-ring (bicyclic) bond motifs is 1. The van der Waals surface area contributed by atoms with E-state index in [1.54, 1.807) is 9.58 Å². The highest BCUT2D eigenvalue weighted by Crippen LogP contribution is 2.31. The number of amides is 1. The van der Waals surface area contributed by atoms with E-state index in [-0.39, 0.29) is 5.91 Å². The van der Waals surface area contributed by atoms with Gasteiger partial charge < -0.3 is 0 Å². The lowest BCUT2D eigenvalue weighted by Gasteiger charge is -2.17. The molecular weight excluding hydrogens is 392 g/mol. The molecule has 0 bridgehead atoms. The second-order valence-electron chi connectivity index (χ2n) is 6.41. The summed E-state index contributed by atoms with van der Waals surface area (Å²) in [5, 5.41) is 5.52. The Labute approximate surface area is 172 Å². The fourth-order valence-electron chi connectivity index (χ4n) is 3.13. The summed E-state index contributed by atoms with van der Waals surface area (Å²) in [5.41, 5.74) is 3.00. The Morgan fingerprint density at radius 2 is 1.86 bits per heavy atom. The third kappa shape index (κ3) is 3.41. The van der Waals surface area contributed by atoms with Crippen molar-refractivity contribution < 1.29 is 4.79 Å². The molecule has 0 radical (unpaired) electrons. The molecule has 0 saturated carbocycles. The fraction of sp³-hybridized carbons (Fsp3) is 0.190. The van der Waals surface area contributed by atoms with E-state index < -0.39 is 0 Å². The fourth-order valence-corrected chi connectivity index (χ4v) is 4.48. The average Bonchev–Trinajstić information content (AvgIpc) is 3.23. The first kappa shape index (κ1) is 18.7. The molecule has 142 valence electrons. The Kier molecular flexibility index (Phi) is 5.15. The van der Waals surface area contributed by atoms with E-state index in [4.69, 9.17) is 11.6 Å². The number of thiazole rings is 1. The number of carbonyl (C=O) groups is 1. The van der Waals surface area contributed by atoms with Crippen molar-refractivity contribution >= 4 is 44.2 Å². The average molecular weight is 411 g/mol. The van der Waals surface area contributed by atoms with E-state index in [1.807, 2.05) is 68.4 Å². The molecule has 0 atom stereocenters. The van der Waals surface area contributed by atoms with Gasteiger partial charge in [0.15, 0.2) is 5.13 Å². The summed E-state index contributed by atoms with van der Waals surface area (Å²) in [5.74, 6) is -0.177. The molecule has 5 nitrogen and oxygen atoms in total. The van der Waals surface area contributed by atoms with Crippen molar-refractivity contribution in [1.82, 2.24) is 14.8 Å². The van der Waals surface area contributed by atoms with Crippen molar-refractivity contribution in [3.05, 3.63) is 76.6 Å². The summed E-state index contributed by atoms with van der Waals surface area (Å²) in [6.45, 7) is 4.76. The van der Waals surface area contributed by atoms with Gasteiger partial charge in [-0.2, -0.15) is 5.10 Å². The normalized spacial score (nSPS) is 11.1. The van der Waals surface area contributed by atoms with Crippen LogP contribution in [0.25, 0.3) is 10.2 Å². The number of anilines is 1. The SMILES string of the molecule is CCN(C(=O)c1c(C)nn(Cc2ccccc2)c1Cl)c1nc2ccccc2s1. The molecule has 0 aliphatic carbocycles. The van der Waals surface area contributed by atoms with Gasteiger partial charge in [-0.3, -0.25) is 9.69 Å². The predicted molar refractivity (Wildman–Crippen MR) is 114 cm³/mol. The number of hydrogen-bond donors (Lipinski definition) is 0. The molecule has 4 rings (SSSR count). The van der Waals surface area contributed by atoms with Crippen LogP contribution in [-0.2, 0) is 6.54 Å². The van der Waals surface area contributed by atoms with Gasteiger partial charge in [0.1, 0.15) is 5.15 Å². The summed E-state index contributed by atoms with van der Waals surface area (Å²) < 4.78 is 2.72. The lowest BCUT2D eigenvalue weighted by Crippen LogP contribution is -2.31. The zero-order valence-electron chi connectivity index (χ0n) is 15.6. The summed E-state index contributed by atoms with van der Waals surface area (Å²) in [6.07, 6.45) is 0. The molecule has 2 aromatic heterocycles. The highest BCUT2D eigenvalue weighted by molar-refractivity contribution is 7.22. The Morgan fingerprint density at radius 1 is 1.14 bits per heavy atom. The lowest BCUT2D eigenvalue weighted by molar-refractivity contribution is 0.0988. The number of hydrogen-bond acceptors (Lipinski definition) is 4. The van der Waals surface area contributed by atoms with Crippen molar-refractivity contribution in [2.24, 2.45) is 0 Å². The van der Waals surface area contributed by atoms with Crippen LogP contribution in [0.3, 0.4) is 0 Å². The van der Waals surface area contributed by atoms with Gasteiger partial charge >= 0.3 is 0 Å². The van der Waals surface area contributed by atoms with E-state index in [2.05, 4.69) is 10.1 Å². The van der Waals surface area contributed by atoms with Crippen molar-refractivity contribution in [1.29, 1.82) is 0 Å². The van der Waals surface area contributed by atoms with Crippen LogP contribution < -0.4 is 4.90 Å². The molecule has 0 unspecified atom stereocenters. The minimum absolute atomic E-state index is 0.177. The quantitative estimate of drug-likeness (QED) is 0.456. The van der Waals surface area contributed by atoms with Gasteiger partial charge in [-0.1, -0.05) is 65.4 Å². The number of aromatic nitrogens is 3. The van der Waals surface area contributed by atoms with E-state index in [9.17, 15) is 4.79 Å². The number of para-hydroxylation sites is 1. The van der Waals surface area contributed by atoms with Gasteiger partial charge in [0.2, 0.25) is 0 Å². The van der Waals surface area contributed by atoms with Crippen molar-refractivity contribution in [2.45, 2.75) is 20.4 Å². The molecule has 0 saturated heterocycles. The number of halogens is 1. The first-order chi connectivity index (χ1) is 13.6. The maximum Gasteiger partial charge on any atom is 0.265 e. The zero-order chi connectivity index (χ0) is 19.7. The van der Waals surface area contributed by atoms with Gasteiger partial charge in [0.25, 0.3) is 5.91 Å². The second kappa shape index (κ2) is 7.73. The second-order valence-corrected chi connectivity index (χ2v) is 7.78. The summed E-state index contributed by atoms with van der Waals surface area (Å²) in [4.78, 5) is 19.6. The van der Waals surface area contributed by atoms with E-state index in [0.29, 0.717) is 34.6 Å². The smallest absolute Gasteiger partial charge is 0.265 e. The zero-order valence-corrected chi connectivity index (χ0v) is 17.2. The molecule has 1 amide bonds. The van der Waals surface area contributed by atoms with Crippen LogP contribution in [0.1, 0.15) is 28.5 Å². The maximum atomic E-state index is 13.3. The molecule has 7 heteroatoms. The molecule has 0 fully saturated rings. The van der Waals surface area contributed by atoms with Crippen molar-refractivity contribution in [3.8, 4) is 0 Å². The molecule has 0 aliphatic rings. The van der Waals surface area contributed by atoms with Crippen LogP contribution in [0, 0.1) is 6.92 Å².